The highest BCUT2D eigenvalue weighted by molar-refractivity contribution is 6.36. The van der Waals surface area contributed by atoms with Gasteiger partial charge in [-0.2, -0.15) is 5.10 Å². The van der Waals surface area contributed by atoms with Crippen LogP contribution in [0, 0.1) is 5.92 Å². The maximum Gasteiger partial charge on any atom is 0.262 e. The number of hydrazone groups is 1. The molecular weight excluding hydrogens is 409 g/mol. The fourth-order valence-electron chi connectivity index (χ4n) is 2.22. The van der Waals surface area contributed by atoms with Crippen molar-refractivity contribution in [1.82, 2.24) is 10.7 Å². The van der Waals surface area contributed by atoms with Gasteiger partial charge in [0, 0.05) is 10.0 Å². The summed E-state index contributed by atoms with van der Waals surface area (Å²) >= 11 is 17.7. The van der Waals surface area contributed by atoms with Crippen molar-refractivity contribution in [2.24, 2.45) is 11.0 Å². The highest BCUT2D eigenvalue weighted by Crippen LogP contribution is 2.21. The molecule has 0 saturated carbocycles. The first-order valence-corrected chi connectivity index (χ1v) is 9.25. The van der Waals surface area contributed by atoms with Crippen LogP contribution in [0.2, 0.25) is 15.1 Å². The molecule has 5 nitrogen and oxygen atoms in total. The second-order valence-corrected chi connectivity index (χ2v) is 7.39. The summed E-state index contributed by atoms with van der Waals surface area (Å²) in [5, 5.41) is 7.85. The normalized spacial score (nSPS) is 12.2. The fourth-order valence-corrected chi connectivity index (χ4v) is 2.84. The second kappa shape index (κ2) is 9.74. The molecule has 0 spiro atoms. The minimum Gasteiger partial charge on any atom is -0.340 e. The molecule has 0 aliphatic rings. The quantitative estimate of drug-likeness (QED) is 0.525. The lowest BCUT2D eigenvalue weighted by atomic mass is 10.0. The van der Waals surface area contributed by atoms with Gasteiger partial charge in [-0.3, -0.25) is 9.59 Å². The summed E-state index contributed by atoms with van der Waals surface area (Å²) in [5.74, 6) is -1.06. The molecule has 8 heteroatoms. The molecule has 0 bridgehead atoms. The molecule has 2 aromatic carbocycles. The molecule has 27 heavy (non-hydrogen) atoms. The Balaban J connectivity index is 2.04. The van der Waals surface area contributed by atoms with Crippen LogP contribution in [0.15, 0.2) is 47.6 Å². The van der Waals surface area contributed by atoms with Crippen molar-refractivity contribution in [3.63, 3.8) is 0 Å². The van der Waals surface area contributed by atoms with Crippen LogP contribution >= 0.6 is 34.8 Å². The number of benzene rings is 2. The molecule has 2 aromatic rings. The van der Waals surface area contributed by atoms with Gasteiger partial charge in [0.15, 0.2) is 0 Å². The van der Waals surface area contributed by atoms with Gasteiger partial charge in [-0.05, 0) is 41.8 Å². The number of halogens is 3. The number of amides is 2. The second-order valence-electron chi connectivity index (χ2n) is 6.11. The summed E-state index contributed by atoms with van der Waals surface area (Å²) in [6.07, 6.45) is 1.49. The Kier molecular flexibility index (Phi) is 7.66. The van der Waals surface area contributed by atoms with Gasteiger partial charge in [0.1, 0.15) is 6.04 Å². The average molecular weight is 427 g/mol. The Morgan fingerprint density at radius 1 is 1.00 bits per heavy atom. The van der Waals surface area contributed by atoms with Crippen molar-refractivity contribution >= 4 is 52.8 Å². The van der Waals surface area contributed by atoms with Crippen molar-refractivity contribution < 1.29 is 9.59 Å². The Labute approximate surface area is 172 Å². The summed E-state index contributed by atoms with van der Waals surface area (Å²) in [6, 6.07) is 10.7. The number of carbonyl (C=O) groups excluding carboxylic acids is 2. The summed E-state index contributed by atoms with van der Waals surface area (Å²) in [6.45, 7) is 3.63. The average Bonchev–Trinajstić information content (AvgIpc) is 2.60. The van der Waals surface area contributed by atoms with Gasteiger partial charge in [-0.15, -0.1) is 0 Å². The zero-order chi connectivity index (χ0) is 20.0. The first-order valence-electron chi connectivity index (χ1n) is 8.12. The van der Waals surface area contributed by atoms with Crippen LogP contribution in [0.25, 0.3) is 0 Å². The predicted octanol–water partition coefficient (Wildman–Crippen LogP) is 4.55. The largest absolute Gasteiger partial charge is 0.340 e. The third-order valence-corrected chi connectivity index (χ3v) is 4.47. The smallest absolute Gasteiger partial charge is 0.262 e. The van der Waals surface area contributed by atoms with Crippen LogP contribution < -0.4 is 10.7 Å². The van der Waals surface area contributed by atoms with Crippen LogP contribution in [0.1, 0.15) is 29.8 Å². The van der Waals surface area contributed by atoms with E-state index < -0.39 is 17.9 Å². The van der Waals surface area contributed by atoms with Gasteiger partial charge in [0.25, 0.3) is 11.8 Å². The number of rotatable bonds is 6. The van der Waals surface area contributed by atoms with E-state index in [1.165, 1.54) is 18.3 Å². The monoisotopic (exact) mass is 425 g/mol. The molecule has 2 N–H and O–H groups in total. The van der Waals surface area contributed by atoms with Crippen LogP contribution in [0.5, 0.6) is 0 Å². The highest BCUT2D eigenvalue weighted by atomic mass is 35.5. The van der Waals surface area contributed by atoms with Crippen LogP contribution in [-0.2, 0) is 4.79 Å². The number of hydrogen-bond donors (Lipinski definition) is 2. The minimum atomic E-state index is -0.786. The third kappa shape index (κ3) is 6.24. The topological polar surface area (TPSA) is 70.6 Å². The van der Waals surface area contributed by atoms with E-state index in [9.17, 15) is 9.59 Å². The molecule has 2 amide bonds. The summed E-state index contributed by atoms with van der Waals surface area (Å²) in [7, 11) is 0. The van der Waals surface area contributed by atoms with Gasteiger partial charge in [0.2, 0.25) is 0 Å². The molecule has 1 atom stereocenters. The van der Waals surface area contributed by atoms with Crippen molar-refractivity contribution in [2.75, 3.05) is 0 Å². The van der Waals surface area contributed by atoms with Gasteiger partial charge in [-0.25, -0.2) is 5.43 Å². The molecule has 142 valence electrons. The van der Waals surface area contributed by atoms with E-state index in [0.29, 0.717) is 10.0 Å². The number of nitrogens with zero attached hydrogens (tertiary/aromatic N) is 1. The molecule has 0 fully saturated rings. The number of carbonyl (C=O) groups is 2. The molecule has 2 rings (SSSR count). The summed E-state index contributed by atoms with van der Waals surface area (Å²) in [4.78, 5) is 24.9. The zero-order valence-corrected chi connectivity index (χ0v) is 16.9. The van der Waals surface area contributed by atoms with Crippen molar-refractivity contribution in [1.29, 1.82) is 0 Å². The molecule has 0 aromatic heterocycles. The Hall–Kier alpha value is -2.08. The minimum absolute atomic E-state index is 0.161. The molecule has 0 aliphatic carbocycles. The lowest BCUT2D eigenvalue weighted by Gasteiger charge is -2.20. The van der Waals surface area contributed by atoms with Crippen molar-refractivity contribution in [3.8, 4) is 0 Å². The van der Waals surface area contributed by atoms with E-state index in [4.69, 9.17) is 34.8 Å². The zero-order valence-electron chi connectivity index (χ0n) is 14.7. The van der Waals surface area contributed by atoms with Crippen LogP contribution in [0.4, 0.5) is 0 Å². The highest BCUT2D eigenvalue weighted by Gasteiger charge is 2.25. The van der Waals surface area contributed by atoms with Crippen molar-refractivity contribution in [2.45, 2.75) is 19.9 Å². The third-order valence-electron chi connectivity index (χ3n) is 3.67. The number of nitrogens with one attached hydrogen (secondary N) is 2. The SMILES string of the molecule is CC(C)C(NC(=O)c1ccc(Cl)cc1Cl)C(=O)N/N=C/c1ccc(Cl)cc1. The molecule has 1 unspecified atom stereocenters. The molecule has 0 heterocycles. The van der Waals surface area contributed by atoms with Crippen LogP contribution in [0.3, 0.4) is 0 Å². The lowest BCUT2D eigenvalue weighted by molar-refractivity contribution is -0.123. The van der Waals surface area contributed by atoms with Gasteiger partial charge < -0.3 is 5.32 Å². The standard InChI is InChI=1S/C19H18Cl3N3O2/c1-11(2)17(24-18(26)15-8-7-14(21)9-16(15)22)19(27)25-23-10-12-3-5-13(20)6-4-12/h3-11,17H,1-2H3,(H,24,26)(H,25,27)/b23-10+. The van der Waals surface area contributed by atoms with E-state index in [2.05, 4.69) is 15.8 Å². The summed E-state index contributed by atoms with van der Waals surface area (Å²) in [5.41, 5.74) is 3.45. The fraction of sp³-hybridized carbons (Fsp3) is 0.211. The first-order chi connectivity index (χ1) is 12.8. The Morgan fingerprint density at radius 3 is 2.22 bits per heavy atom. The maximum absolute atomic E-state index is 12.5. The van der Waals surface area contributed by atoms with Crippen LogP contribution in [-0.4, -0.2) is 24.1 Å². The first kappa shape index (κ1) is 21.2. The Morgan fingerprint density at radius 2 is 1.63 bits per heavy atom. The molecular formula is C19H18Cl3N3O2. The molecule has 0 aliphatic heterocycles. The van der Waals surface area contributed by atoms with E-state index in [0.717, 1.165) is 5.56 Å². The van der Waals surface area contributed by atoms with Crippen molar-refractivity contribution in [3.05, 3.63) is 68.7 Å². The maximum atomic E-state index is 12.5. The Bertz CT molecular complexity index is 852. The van der Waals surface area contributed by atoms with E-state index >= 15 is 0 Å². The van der Waals surface area contributed by atoms with E-state index in [1.807, 2.05) is 13.8 Å². The summed E-state index contributed by atoms with van der Waals surface area (Å²) < 4.78 is 0. The van der Waals surface area contributed by atoms with E-state index in [-0.39, 0.29) is 16.5 Å². The van der Waals surface area contributed by atoms with Gasteiger partial charge in [0.05, 0.1) is 16.8 Å². The number of hydrogen-bond acceptors (Lipinski definition) is 3. The van der Waals surface area contributed by atoms with Gasteiger partial charge in [-0.1, -0.05) is 60.8 Å². The molecule has 0 radical (unpaired) electrons. The molecule has 0 saturated heterocycles. The lowest BCUT2D eigenvalue weighted by Crippen LogP contribution is -2.48. The predicted molar refractivity (Wildman–Crippen MR) is 110 cm³/mol. The van der Waals surface area contributed by atoms with E-state index in [1.54, 1.807) is 30.3 Å². The van der Waals surface area contributed by atoms with Gasteiger partial charge >= 0.3 is 0 Å².